The summed E-state index contributed by atoms with van der Waals surface area (Å²) < 4.78 is 0. The van der Waals surface area contributed by atoms with Gasteiger partial charge in [-0.2, -0.15) is 0 Å². The third-order valence-corrected chi connectivity index (χ3v) is 2.89. The Balaban J connectivity index is 1.89. The molecule has 0 aliphatic rings. The molecule has 3 rings (SSSR count). The van der Waals surface area contributed by atoms with Gasteiger partial charge in [-0.1, -0.05) is 18.2 Å². The first-order valence-corrected chi connectivity index (χ1v) is 6.03. The Hall–Kier alpha value is -2.95. The Kier molecular flexibility index (Phi) is 3.01. The molecule has 0 fully saturated rings. The number of para-hydroxylation sites is 1. The van der Waals surface area contributed by atoms with E-state index in [4.69, 9.17) is 0 Å². The van der Waals surface area contributed by atoms with E-state index in [0.717, 1.165) is 10.9 Å². The van der Waals surface area contributed by atoms with Gasteiger partial charge in [0.25, 0.3) is 5.91 Å². The number of pyridine rings is 2. The summed E-state index contributed by atoms with van der Waals surface area (Å²) in [6.45, 7) is 0. The van der Waals surface area contributed by atoms with Crippen LogP contribution in [0.25, 0.3) is 10.9 Å². The van der Waals surface area contributed by atoms with Crippen molar-refractivity contribution in [1.82, 2.24) is 9.97 Å². The molecule has 0 saturated carbocycles. The van der Waals surface area contributed by atoms with Gasteiger partial charge in [0.05, 0.1) is 29.2 Å². The number of amides is 1. The lowest BCUT2D eigenvalue weighted by atomic mass is 10.2. The van der Waals surface area contributed by atoms with Crippen molar-refractivity contribution in [1.29, 1.82) is 0 Å². The molecule has 2 aromatic heterocycles. The third-order valence-electron chi connectivity index (χ3n) is 2.89. The highest BCUT2D eigenvalue weighted by Gasteiger charge is 2.11. The van der Waals surface area contributed by atoms with E-state index in [1.54, 1.807) is 6.20 Å². The van der Waals surface area contributed by atoms with E-state index in [1.807, 2.05) is 30.3 Å². The second-order valence-electron chi connectivity index (χ2n) is 4.26. The molecule has 1 amide bonds. The van der Waals surface area contributed by atoms with Crippen molar-refractivity contribution in [2.45, 2.75) is 0 Å². The fraction of sp³-hybridized carbons (Fsp3) is 0. The predicted octanol–water partition coefficient (Wildman–Crippen LogP) is 2.59. The summed E-state index contributed by atoms with van der Waals surface area (Å²) in [5.74, 6) is -0.555. The van der Waals surface area contributed by atoms with Crippen LogP contribution in [0.3, 0.4) is 0 Å². The van der Waals surface area contributed by atoms with E-state index in [9.17, 15) is 9.90 Å². The molecule has 2 heterocycles. The smallest absolute Gasteiger partial charge is 0.259 e. The summed E-state index contributed by atoms with van der Waals surface area (Å²) in [6, 6.07) is 10.9. The van der Waals surface area contributed by atoms with Crippen molar-refractivity contribution in [3.63, 3.8) is 0 Å². The van der Waals surface area contributed by atoms with E-state index in [0.29, 0.717) is 5.69 Å². The van der Waals surface area contributed by atoms with Crippen molar-refractivity contribution < 1.29 is 9.90 Å². The van der Waals surface area contributed by atoms with Crippen LogP contribution in [-0.2, 0) is 0 Å². The molecule has 0 saturated heterocycles. The first-order chi connectivity index (χ1) is 9.74. The molecule has 0 aliphatic carbocycles. The minimum Gasteiger partial charge on any atom is -0.505 e. The Morgan fingerprint density at radius 2 is 2.00 bits per heavy atom. The van der Waals surface area contributed by atoms with Gasteiger partial charge < -0.3 is 10.4 Å². The van der Waals surface area contributed by atoms with Gasteiger partial charge in [-0.15, -0.1) is 0 Å². The van der Waals surface area contributed by atoms with Crippen LogP contribution < -0.4 is 5.32 Å². The highest BCUT2D eigenvalue weighted by Crippen LogP contribution is 2.19. The number of carbonyl (C=O) groups excluding carboxylic acids is 1. The molecule has 5 heteroatoms. The van der Waals surface area contributed by atoms with Crippen LogP contribution in [0, 0.1) is 0 Å². The maximum absolute atomic E-state index is 12.0. The number of hydrogen-bond acceptors (Lipinski definition) is 4. The summed E-state index contributed by atoms with van der Waals surface area (Å²) in [6.07, 6.45) is 4.26. The van der Waals surface area contributed by atoms with Crippen LogP contribution in [-0.4, -0.2) is 21.0 Å². The van der Waals surface area contributed by atoms with Crippen LogP contribution in [0.5, 0.6) is 5.75 Å². The highest BCUT2D eigenvalue weighted by molar-refractivity contribution is 6.06. The van der Waals surface area contributed by atoms with Gasteiger partial charge >= 0.3 is 0 Å². The third kappa shape index (κ3) is 2.29. The minimum atomic E-state index is -0.401. The second-order valence-corrected chi connectivity index (χ2v) is 4.26. The van der Waals surface area contributed by atoms with Gasteiger partial charge in [0.1, 0.15) is 5.75 Å². The molecule has 0 radical (unpaired) electrons. The normalized spacial score (nSPS) is 10.4. The average molecular weight is 265 g/mol. The van der Waals surface area contributed by atoms with Crippen molar-refractivity contribution in [3.05, 3.63) is 60.6 Å². The van der Waals surface area contributed by atoms with Crippen LogP contribution in [0.2, 0.25) is 0 Å². The van der Waals surface area contributed by atoms with E-state index < -0.39 is 5.91 Å². The lowest BCUT2D eigenvalue weighted by Gasteiger charge is -2.07. The molecule has 5 nitrogen and oxygen atoms in total. The fourth-order valence-electron chi connectivity index (χ4n) is 1.92. The lowest BCUT2D eigenvalue weighted by molar-refractivity contribution is 0.102. The summed E-state index contributed by atoms with van der Waals surface area (Å²) in [7, 11) is 0. The van der Waals surface area contributed by atoms with Crippen molar-refractivity contribution in [2.75, 3.05) is 5.32 Å². The van der Waals surface area contributed by atoms with Crippen LogP contribution >= 0.6 is 0 Å². The Labute approximate surface area is 114 Å². The SMILES string of the molecule is O=C(Nc1cnc2ccccc2c1)c1ccncc1O. The van der Waals surface area contributed by atoms with E-state index in [-0.39, 0.29) is 11.3 Å². The lowest BCUT2D eigenvalue weighted by Crippen LogP contribution is -2.12. The number of nitrogens with zero attached hydrogens (tertiary/aromatic N) is 2. The van der Waals surface area contributed by atoms with Gasteiger partial charge in [-0.25, -0.2) is 0 Å². The van der Waals surface area contributed by atoms with Crippen molar-refractivity contribution in [2.24, 2.45) is 0 Å². The number of carbonyl (C=O) groups is 1. The van der Waals surface area contributed by atoms with Gasteiger partial charge in [-0.05, 0) is 18.2 Å². The Morgan fingerprint density at radius 1 is 1.15 bits per heavy atom. The number of aromatic nitrogens is 2. The molecule has 0 atom stereocenters. The second kappa shape index (κ2) is 4.97. The molecule has 0 unspecified atom stereocenters. The molecular formula is C15H11N3O2. The van der Waals surface area contributed by atoms with Gasteiger partial charge in [0.2, 0.25) is 0 Å². The minimum absolute atomic E-state index is 0.154. The predicted molar refractivity (Wildman–Crippen MR) is 75.6 cm³/mol. The largest absolute Gasteiger partial charge is 0.505 e. The molecule has 0 spiro atoms. The topological polar surface area (TPSA) is 75.1 Å². The standard InChI is InChI=1S/C15H11N3O2/c19-14-9-16-6-5-12(14)15(20)18-11-7-10-3-1-2-4-13(10)17-8-11/h1-9,19H,(H,18,20). The van der Waals surface area contributed by atoms with E-state index >= 15 is 0 Å². The molecule has 98 valence electrons. The highest BCUT2D eigenvalue weighted by atomic mass is 16.3. The average Bonchev–Trinajstić information content (AvgIpc) is 2.47. The Morgan fingerprint density at radius 3 is 2.85 bits per heavy atom. The molecule has 1 aromatic carbocycles. The number of fused-ring (bicyclic) bond motifs is 1. The summed E-state index contributed by atoms with van der Waals surface area (Å²) in [5, 5.41) is 13.2. The number of benzene rings is 1. The number of nitrogens with one attached hydrogen (secondary N) is 1. The van der Waals surface area contributed by atoms with Gasteiger partial charge in [0, 0.05) is 11.6 Å². The number of hydrogen-bond donors (Lipinski definition) is 2. The molecular weight excluding hydrogens is 254 g/mol. The number of aromatic hydroxyl groups is 1. The zero-order chi connectivity index (χ0) is 13.9. The Bertz CT molecular complexity index is 787. The first kappa shape index (κ1) is 12.1. The quantitative estimate of drug-likeness (QED) is 0.746. The zero-order valence-corrected chi connectivity index (χ0v) is 10.4. The first-order valence-electron chi connectivity index (χ1n) is 6.03. The summed E-state index contributed by atoms with van der Waals surface area (Å²) in [5.41, 5.74) is 1.61. The van der Waals surface area contributed by atoms with Gasteiger partial charge in [-0.3, -0.25) is 14.8 Å². The fourth-order valence-corrected chi connectivity index (χ4v) is 1.92. The van der Waals surface area contributed by atoms with Crippen LogP contribution in [0.4, 0.5) is 5.69 Å². The molecule has 0 bridgehead atoms. The summed E-state index contributed by atoms with van der Waals surface area (Å²) >= 11 is 0. The molecule has 20 heavy (non-hydrogen) atoms. The maximum atomic E-state index is 12.0. The zero-order valence-electron chi connectivity index (χ0n) is 10.4. The molecule has 0 aliphatic heterocycles. The number of anilines is 1. The van der Waals surface area contributed by atoms with E-state index in [1.165, 1.54) is 18.5 Å². The van der Waals surface area contributed by atoms with Crippen LogP contribution in [0.15, 0.2) is 55.0 Å². The monoisotopic (exact) mass is 265 g/mol. The number of rotatable bonds is 2. The van der Waals surface area contributed by atoms with Gasteiger partial charge in [0.15, 0.2) is 0 Å². The summed E-state index contributed by atoms with van der Waals surface area (Å²) in [4.78, 5) is 20.0. The van der Waals surface area contributed by atoms with Crippen molar-refractivity contribution >= 4 is 22.5 Å². The molecule has 3 aromatic rings. The van der Waals surface area contributed by atoms with Crippen molar-refractivity contribution in [3.8, 4) is 5.75 Å². The van der Waals surface area contributed by atoms with Crippen LogP contribution in [0.1, 0.15) is 10.4 Å². The maximum Gasteiger partial charge on any atom is 0.259 e. The molecule has 2 N–H and O–H groups in total. The van der Waals surface area contributed by atoms with E-state index in [2.05, 4.69) is 15.3 Å².